The van der Waals surface area contributed by atoms with Crippen LogP contribution in [0.2, 0.25) is 0 Å². The lowest BCUT2D eigenvalue weighted by atomic mass is 9.86. The molecule has 220 valence electrons. The standard InChI is InChI=1S/C27H33BrN6O6S/c1-14(2)34(26(36)37)10-9-29-24-32-22(38-5)20(23(33-24)39-6)31-21(35)18-13-41-25(30-18)40-19-12-16-15(11-17(19)28)7-8-27(16,3)4/h11-14H,7-10H2,1-6H3,(H,31,35)(H,36,37)(H,29,32,33). The Morgan fingerprint density at radius 2 is 1.85 bits per heavy atom. The van der Waals surface area contributed by atoms with Crippen molar-refractivity contribution in [3.8, 4) is 22.7 Å². The number of anilines is 2. The molecule has 0 saturated heterocycles. The molecule has 3 N–H and O–H groups in total. The molecule has 1 aromatic carbocycles. The summed E-state index contributed by atoms with van der Waals surface area (Å²) in [6.45, 7) is 8.49. The minimum Gasteiger partial charge on any atom is -0.479 e. The summed E-state index contributed by atoms with van der Waals surface area (Å²) in [4.78, 5) is 38.7. The first-order valence-electron chi connectivity index (χ1n) is 12.9. The quantitative estimate of drug-likeness (QED) is 0.233. The monoisotopic (exact) mass is 648 g/mol. The second-order valence-corrected chi connectivity index (χ2v) is 12.0. The first kappa shape index (κ1) is 30.3. The molecule has 2 amide bonds. The van der Waals surface area contributed by atoms with Gasteiger partial charge in [-0.15, -0.1) is 0 Å². The first-order chi connectivity index (χ1) is 19.4. The fourth-order valence-electron chi connectivity index (χ4n) is 4.54. The Balaban J connectivity index is 1.47. The maximum absolute atomic E-state index is 13.1. The maximum Gasteiger partial charge on any atom is 0.407 e. The number of nitrogens with one attached hydrogen (secondary N) is 2. The first-order valence-corrected chi connectivity index (χ1v) is 14.6. The third-order valence-corrected chi connectivity index (χ3v) is 8.13. The third kappa shape index (κ3) is 6.81. The Morgan fingerprint density at radius 1 is 1.17 bits per heavy atom. The van der Waals surface area contributed by atoms with E-state index in [1.807, 2.05) is 6.07 Å². The van der Waals surface area contributed by atoms with Crippen molar-refractivity contribution in [2.24, 2.45) is 0 Å². The number of aromatic nitrogens is 3. The summed E-state index contributed by atoms with van der Waals surface area (Å²) in [6, 6.07) is 3.94. The fraction of sp³-hybridized carbons (Fsp3) is 0.444. The molecule has 0 radical (unpaired) electrons. The third-order valence-electron chi connectivity index (χ3n) is 6.79. The average molecular weight is 650 g/mol. The van der Waals surface area contributed by atoms with Crippen LogP contribution in [-0.4, -0.2) is 70.3 Å². The summed E-state index contributed by atoms with van der Waals surface area (Å²) in [6.07, 6.45) is 1.09. The SMILES string of the molecule is COc1nc(NCCN(C(=O)O)C(C)C)nc(OC)c1NC(=O)c1csc(Oc2cc3c(cc2Br)CCC3(C)C)n1. The van der Waals surface area contributed by atoms with Gasteiger partial charge in [0.05, 0.1) is 18.7 Å². The van der Waals surface area contributed by atoms with Crippen LogP contribution in [0.4, 0.5) is 16.4 Å². The topological polar surface area (TPSA) is 148 Å². The molecule has 14 heteroatoms. The van der Waals surface area contributed by atoms with Gasteiger partial charge >= 0.3 is 6.09 Å². The molecule has 2 aromatic heterocycles. The zero-order chi connectivity index (χ0) is 29.9. The number of methoxy groups -OCH3 is 2. The number of halogens is 1. The number of thiazole rings is 1. The van der Waals surface area contributed by atoms with Gasteiger partial charge in [0.25, 0.3) is 11.1 Å². The van der Waals surface area contributed by atoms with Crippen LogP contribution < -0.4 is 24.8 Å². The van der Waals surface area contributed by atoms with Crippen molar-refractivity contribution in [3.05, 3.63) is 38.8 Å². The van der Waals surface area contributed by atoms with E-state index in [1.54, 1.807) is 19.2 Å². The fourth-order valence-corrected chi connectivity index (χ4v) is 5.67. The number of carboxylic acid groups (broad SMARTS) is 1. The van der Waals surface area contributed by atoms with Crippen molar-refractivity contribution in [2.45, 2.75) is 52.0 Å². The molecule has 12 nitrogen and oxygen atoms in total. The summed E-state index contributed by atoms with van der Waals surface area (Å²) in [5.74, 6) is 0.379. The lowest BCUT2D eigenvalue weighted by molar-refractivity contribution is 0.102. The minimum absolute atomic E-state index is 0.0584. The molecule has 0 fully saturated rings. The van der Waals surface area contributed by atoms with Crippen LogP contribution >= 0.6 is 27.3 Å². The van der Waals surface area contributed by atoms with Gasteiger partial charge in [-0.3, -0.25) is 4.79 Å². The van der Waals surface area contributed by atoms with Crippen LogP contribution in [0.15, 0.2) is 22.0 Å². The van der Waals surface area contributed by atoms with E-state index < -0.39 is 12.0 Å². The van der Waals surface area contributed by atoms with Crippen LogP contribution in [-0.2, 0) is 11.8 Å². The smallest absolute Gasteiger partial charge is 0.407 e. The largest absolute Gasteiger partial charge is 0.479 e. The zero-order valence-corrected chi connectivity index (χ0v) is 26.1. The second kappa shape index (κ2) is 12.5. The van der Waals surface area contributed by atoms with Crippen molar-refractivity contribution in [1.29, 1.82) is 0 Å². The van der Waals surface area contributed by atoms with Crippen LogP contribution in [0.3, 0.4) is 0 Å². The predicted molar refractivity (Wildman–Crippen MR) is 159 cm³/mol. The molecule has 0 aliphatic heterocycles. The Hall–Kier alpha value is -3.65. The van der Waals surface area contributed by atoms with Crippen LogP contribution in [0.1, 0.15) is 55.7 Å². The number of aryl methyl sites for hydroxylation is 1. The molecular weight excluding hydrogens is 616 g/mol. The summed E-state index contributed by atoms with van der Waals surface area (Å²) in [7, 11) is 2.80. The molecular formula is C27H33BrN6O6S. The number of amides is 2. The molecule has 2 heterocycles. The van der Waals surface area contributed by atoms with E-state index in [1.165, 1.54) is 41.6 Å². The molecule has 0 atom stereocenters. The molecule has 1 aliphatic rings. The van der Waals surface area contributed by atoms with Gasteiger partial charge in [0.15, 0.2) is 5.69 Å². The van der Waals surface area contributed by atoms with Crippen molar-refractivity contribution in [3.63, 3.8) is 0 Å². The molecule has 0 saturated carbocycles. The summed E-state index contributed by atoms with van der Waals surface area (Å²) in [5.41, 5.74) is 2.88. The number of hydrogen-bond acceptors (Lipinski definition) is 10. The van der Waals surface area contributed by atoms with E-state index in [-0.39, 0.29) is 53.6 Å². The van der Waals surface area contributed by atoms with Crippen LogP contribution in [0, 0.1) is 0 Å². The van der Waals surface area contributed by atoms with Crippen molar-refractivity contribution < 1.29 is 28.9 Å². The average Bonchev–Trinajstić information content (AvgIpc) is 3.50. The van der Waals surface area contributed by atoms with Crippen molar-refractivity contribution in [2.75, 3.05) is 37.9 Å². The van der Waals surface area contributed by atoms with E-state index in [2.05, 4.69) is 61.4 Å². The van der Waals surface area contributed by atoms with E-state index in [4.69, 9.17) is 14.2 Å². The highest BCUT2D eigenvalue weighted by Gasteiger charge is 2.31. The summed E-state index contributed by atoms with van der Waals surface area (Å²) in [5, 5.41) is 16.9. The van der Waals surface area contributed by atoms with Crippen LogP contribution in [0.5, 0.6) is 22.7 Å². The number of carbonyl (C=O) groups excluding carboxylic acids is 1. The summed E-state index contributed by atoms with van der Waals surface area (Å²) < 4.78 is 17.6. The van der Waals surface area contributed by atoms with Gasteiger partial charge in [-0.2, -0.15) is 15.0 Å². The lowest BCUT2D eigenvalue weighted by Gasteiger charge is -2.23. The Bertz CT molecular complexity index is 1420. The Kier molecular flexibility index (Phi) is 9.22. The number of benzene rings is 1. The number of hydrogen-bond donors (Lipinski definition) is 3. The Labute approximate surface area is 250 Å². The molecule has 3 aromatic rings. The molecule has 0 bridgehead atoms. The number of rotatable bonds is 11. The number of carbonyl (C=O) groups is 2. The number of ether oxygens (including phenoxy) is 3. The number of fused-ring (bicyclic) bond motifs is 1. The van der Waals surface area contributed by atoms with Crippen molar-refractivity contribution >= 4 is 50.9 Å². The normalized spacial score (nSPS) is 13.5. The number of nitrogens with zero attached hydrogens (tertiary/aromatic N) is 4. The zero-order valence-electron chi connectivity index (χ0n) is 23.7. The van der Waals surface area contributed by atoms with Gasteiger partial charge in [-0.05, 0) is 71.3 Å². The predicted octanol–water partition coefficient (Wildman–Crippen LogP) is 5.78. The second-order valence-electron chi connectivity index (χ2n) is 10.3. The van der Waals surface area contributed by atoms with Crippen molar-refractivity contribution in [1.82, 2.24) is 19.9 Å². The minimum atomic E-state index is -1.02. The van der Waals surface area contributed by atoms with Crippen LogP contribution in [0.25, 0.3) is 0 Å². The lowest BCUT2D eigenvalue weighted by Crippen LogP contribution is -2.39. The van der Waals surface area contributed by atoms with Gasteiger partial charge in [-0.1, -0.05) is 25.2 Å². The van der Waals surface area contributed by atoms with E-state index in [9.17, 15) is 14.7 Å². The Morgan fingerprint density at radius 3 is 2.46 bits per heavy atom. The van der Waals surface area contributed by atoms with Gasteiger partial charge in [0, 0.05) is 24.5 Å². The van der Waals surface area contributed by atoms with Gasteiger partial charge in [0.1, 0.15) is 11.4 Å². The van der Waals surface area contributed by atoms with E-state index in [0.29, 0.717) is 10.9 Å². The molecule has 0 unspecified atom stereocenters. The molecule has 1 aliphatic carbocycles. The highest BCUT2D eigenvalue weighted by Crippen LogP contribution is 2.44. The molecule has 4 rings (SSSR count). The van der Waals surface area contributed by atoms with E-state index >= 15 is 0 Å². The highest BCUT2D eigenvalue weighted by molar-refractivity contribution is 9.10. The van der Waals surface area contributed by atoms with Gasteiger partial charge in [-0.25, -0.2) is 4.79 Å². The van der Waals surface area contributed by atoms with Gasteiger partial charge < -0.3 is 34.9 Å². The summed E-state index contributed by atoms with van der Waals surface area (Å²) >= 11 is 4.79. The van der Waals surface area contributed by atoms with Gasteiger partial charge in [0.2, 0.25) is 17.7 Å². The highest BCUT2D eigenvalue weighted by atomic mass is 79.9. The van der Waals surface area contributed by atoms with E-state index in [0.717, 1.165) is 17.3 Å². The maximum atomic E-state index is 13.1. The molecule has 41 heavy (non-hydrogen) atoms. The molecule has 0 spiro atoms.